The van der Waals surface area contributed by atoms with Crippen molar-refractivity contribution in [2.75, 3.05) is 7.11 Å². The Kier molecular flexibility index (Phi) is 4.74. The summed E-state index contributed by atoms with van der Waals surface area (Å²) < 4.78 is 10.8. The average molecular weight is 339 g/mol. The second kappa shape index (κ2) is 6.97. The summed E-state index contributed by atoms with van der Waals surface area (Å²) in [7, 11) is 1.56. The molecule has 1 fully saturated rings. The Morgan fingerprint density at radius 1 is 1.12 bits per heavy atom. The van der Waals surface area contributed by atoms with Crippen molar-refractivity contribution in [3.05, 3.63) is 65.7 Å². The molecule has 2 amide bonds. The maximum Gasteiger partial charge on any atom is 0.417 e. The SMILES string of the molecule is COc1ccccc1[C@@H](C)C(=O)N1C(=O)O[C@H](c2ccccc2)[C@H]1C. The summed E-state index contributed by atoms with van der Waals surface area (Å²) in [4.78, 5) is 26.5. The Hall–Kier alpha value is -2.82. The molecule has 0 aromatic heterocycles. The van der Waals surface area contributed by atoms with Gasteiger partial charge in [-0.2, -0.15) is 0 Å². The van der Waals surface area contributed by atoms with Crippen molar-refractivity contribution in [1.29, 1.82) is 0 Å². The van der Waals surface area contributed by atoms with E-state index in [1.165, 1.54) is 4.90 Å². The number of carbonyl (C=O) groups is 2. The molecule has 1 saturated heterocycles. The molecule has 0 radical (unpaired) electrons. The predicted octanol–water partition coefficient (Wildman–Crippen LogP) is 3.91. The molecule has 2 aromatic carbocycles. The number of methoxy groups -OCH3 is 1. The molecular weight excluding hydrogens is 318 g/mol. The number of cyclic esters (lactones) is 1. The molecule has 0 spiro atoms. The maximum atomic E-state index is 13.0. The van der Waals surface area contributed by atoms with Crippen LogP contribution in [0.25, 0.3) is 0 Å². The zero-order valence-corrected chi connectivity index (χ0v) is 14.5. The Morgan fingerprint density at radius 2 is 1.76 bits per heavy atom. The first-order valence-corrected chi connectivity index (χ1v) is 8.26. The highest BCUT2D eigenvalue weighted by Crippen LogP contribution is 2.35. The minimum atomic E-state index is -0.604. The third-order valence-electron chi connectivity index (χ3n) is 4.61. The van der Waals surface area contributed by atoms with E-state index in [2.05, 4.69) is 0 Å². The van der Waals surface area contributed by atoms with Gasteiger partial charge >= 0.3 is 6.09 Å². The fraction of sp³-hybridized carbons (Fsp3) is 0.300. The van der Waals surface area contributed by atoms with Crippen LogP contribution in [0.1, 0.15) is 37.0 Å². The number of nitrogens with zero attached hydrogens (tertiary/aromatic N) is 1. The van der Waals surface area contributed by atoms with E-state index in [-0.39, 0.29) is 11.9 Å². The van der Waals surface area contributed by atoms with E-state index in [1.54, 1.807) is 20.1 Å². The molecule has 5 nitrogen and oxygen atoms in total. The van der Waals surface area contributed by atoms with Crippen LogP contribution in [0.5, 0.6) is 5.75 Å². The van der Waals surface area contributed by atoms with Crippen LogP contribution in [0.4, 0.5) is 4.79 Å². The molecule has 0 saturated carbocycles. The first-order chi connectivity index (χ1) is 12.0. The molecule has 0 unspecified atom stereocenters. The number of amides is 2. The Balaban J connectivity index is 1.85. The van der Waals surface area contributed by atoms with Gasteiger partial charge in [-0.3, -0.25) is 4.79 Å². The highest BCUT2D eigenvalue weighted by atomic mass is 16.6. The molecule has 2 aromatic rings. The van der Waals surface area contributed by atoms with E-state index < -0.39 is 18.1 Å². The zero-order chi connectivity index (χ0) is 18.0. The van der Waals surface area contributed by atoms with Gasteiger partial charge in [-0.25, -0.2) is 9.69 Å². The summed E-state index contributed by atoms with van der Waals surface area (Å²) >= 11 is 0. The van der Waals surface area contributed by atoms with Gasteiger partial charge in [-0.1, -0.05) is 48.5 Å². The van der Waals surface area contributed by atoms with Gasteiger partial charge in [0.25, 0.3) is 0 Å². The maximum absolute atomic E-state index is 13.0. The van der Waals surface area contributed by atoms with Crippen LogP contribution in [0, 0.1) is 0 Å². The number of imide groups is 1. The molecule has 1 heterocycles. The van der Waals surface area contributed by atoms with E-state index in [9.17, 15) is 9.59 Å². The summed E-state index contributed by atoms with van der Waals surface area (Å²) in [5.41, 5.74) is 1.63. The lowest BCUT2D eigenvalue weighted by Crippen LogP contribution is -2.40. The third-order valence-corrected chi connectivity index (χ3v) is 4.61. The van der Waals surface area contributed by atoms with E-state index in [0.717, 1.165) is 11.1 Å². The van der Waals surface area contributed by atoms with Crippen molar-refractivity contribution in [2.45, 2.75) is 31.9 Å². The van der Waals surface area contributed by atoms with Crippen molar-refractivity contribution in [2.24, 2.45) is 0 Å². The number of hydrogen-bond donors (Lipinski definition) is 0. The van der Waals surface area contributed by atoms with Crippen LogP contribution in [-0.2, 0) is 9.53 Å². The van der Waals surface area contributed by atoms with E-state index >= 15 is 0 Å². The summed E-state index contributed by atoms with van der Waals surface area (Å²) in [5.74, 6) is -0.177. The lowest BCUT2D eigenvalue weighted by molar-refractivity contribution is -0.130. The highest BCUT2D eigenvalue weighted by Gasteiger charge is 2.44. The van der Waals surface area contributed by atoms with Gasteiger partial charge in [0.15, 0.2) is 0 Å². The Morgan fingerprint density at radius 3 is 2.44 bits per heavy atom. The monoisotopic (exact) mass is 339 g/mol. The zero-order valence-electron chi connectivity index (χ0n) is 14.5. The number of ether oxygens (including phenoxy) is 2. The van der Waals surface area contributed by atoms with Crippen LogP contribution < -0.4 is 4.74 Å². The number of rotatable bonds is 4. The van der Waals surface area contributed by atoms with Crippen molar-refractivity contribution in [1.82, 2.24) is 4.90 Å². The van der Waals surface area contributed by atoms with Gasteiger partial charge in [0.2, 0.25) is 5.91 Å². The molecule has 5 heteroatoms. The smallest absolute Gasteiger partial charge is 0.417 e. The van der Waals surface area contributed by atoms with Crippen LogP contribution in [-0.4, -0.2) is 30.1 Å². The number of para-hydroxylation sites is 1. The average Bonchev–Trinajstić information content (AvgIpc) is 2.95. The Labute approximate surface area is 147 Å². The van der Waals surface area contributed by atoms with Crippen LogP contribution in [0.15, 0.2) is 54.6 Å². The van der Waals surface area contributed by atoms with E-state index in [4.69, 9.17) is 9.47 Å². The lowest BCUT2D eigenvalue weighted by atomic mass is 9.97. The highest BCUT2D eigenvalue weighted by molar-refractivity contribution is 5.97. The second-order valence-corrected chi connectivity index (χ2v) is 6.13. The molecular formula is C20H21NO4. The molecule has 0 N–H and O–H groups in total. The first kappa shape index (κ1) is 17.0. The third kappa shape index (κ3) is 3.09. The summed E-state index contributed by atoms with van der Waals surface area (Å²) in [6.45, 7) is 3.60. The lowest BCUT2D eigenvalue weighted by Gasteiger charge is -2.23. The van der Waals surface area contributed by atoms with Gasteiger partial charge in [0, 0.05) is 5.56 Å². The Bertz CT molecular complexity index is 774. The predicted molar refractivity (Wildman–Crippen MR) is 93.4 cm³/mol. The van der Waals surface area contributed by atoms with Crippen molar-refractivity contribution < 1.29 is 19.1 Å². The number of benzene rings is 2. The molecule has 130 valence electrons. The minimum absolute atomic E-state index is 0.291. The summed E-state index contributed by atoms with van der Waals surface area (Å²) in [6, 6.07) is 16.4. The van der Waals surface area contributed by atoms with Crippen LogP contribution in [0.3, 0.4) is 0 Å². The van der Waals surface area contributed by atoms with Crippen LogP contribution in [0.2, 0.25) is 0 Å². The number of hydrogen-bond acceptors (Lipinski definition) is 4. The topological polar surface area (TPSA) is 55.8 Å². The van der Waals surface area contributed by atoms with Gasteiger partial charge in [-0.05, 0) is 25.5 Å². The standard InChI is InChI=1S/C20H21NO4/c1-13(16-11-7-8-12-17(16)24-3)19(22)21-14(2)18(25-20(21)23)15-9-5-4-6-10-15/h4-14,18H,1-3H3/t13-,14-,18+/m1/s1. The molecule has 1 aliphatic heterocycles. The second-order valence-electron chi connectivity index (χ2n) is 6.13. The van der Waals surface area contributed by atoms with Crippen molar-refractivity contribution in [3.63, 3.8) is 0 Å². The molecule has 0 bridgehead atoms. The van der Waals surface area contributed by atoms with Crippen molar-refractivity contribution >= 4 is 12.0 Å². The minimum Gasteiger partial charge on any atom is -0.496 e. The molecule has 0 aliphatic carbocycles. The van der Waals surface area contributed by atoms with E-state index in [1.807, 2.05) is 55.5 Å². The molecule has 3 rings (SSSR count). The first-order valence-electron chi connectivity index (χ1n) is 8.26. The summed E-state index contributed by atoms with van der Waals surface area (Å²) in [5, 5.41) is 0. The fourth-order valence-corrected chi connectivity index (χ4v) is 3.21. The van der Waals surface area contributed by atoms with Crippen molar-refractivity contribution in [3.8, 4) is 5.75 Å². The summed E-state index contributed by atoms with van der Waals surface area (Å²) in [6.07, 6.45) is -1.06. The van der Waals surface area contributed by atoms with Gasteiger partial charge in [0.05, 0.1) is 19.1 Å². The van der Waals surface area contributed by atoms with Gasteiger partial charge < -0.3 is 9.47 Å². The largest absolute Gasteiger partial charge is 0.496 e. The molecule has 1 aliphatic rings. The number of carbonyl (C=O) groups excluding carboxylic acids is 2. The molecule has 25 heavy (non-hydrogen) atoms. The van der Waals surface area contributed by atoms with Gasteiger partial charge in [-0.15, -0.1) is 0 Å². The quantitative estimate of drug-likeness (QED) is 0.847. The molecule has 3 atom stereocenters. The normalized spacial score (nSPS) is 20.9. The van der Waals surface area contributed by atoms with Gasteiger partial charge in [0.1, 0.15) is 11.9 Å². The van der Waals surface area contributed by atoms with Crippen LogP contribution >= 0.6 is 0 Å². The van der Waals surface area contributed by atoms with E-state index in [0.29, 0.717) is 5.75 Å². The fourth-order valence-electron chi connectivity index (χ4n) is 3.21.